The number of rotatable bonds is 2. The molecule has 0 N–H and O–H groups in total. The molecule has 74 valence electrons. The van der Waals surface area contributed by atoms with Crippen molar-refractivity contribution in [2.75, 3.05) is 0 Å². The summed E-state index contributed by atoms with van der Waals surface area (Å²) in [5.74, 6) is -0.475. The van der Waals surface area contributed by atoms with E-state index >= 15 is 0 Å². The second kappa shape index (κ2) is 3.65. The molecule has 2 rings (SSSR count). The van der Waals surface area contributed by atoms with Gasteiger partial charge in [-0.2, -0.15) is 0 Å². The zero-order valence-electron chi connectivity index (χ0n) is 8.36. The Morgan fingerprint density at radius 2 is 1.73 bits per heavy atom. The van der Waals surface area contributed by atoms with Crippen LogP contribution in [0.25, 0.3) is 10.8 Å². The average Bonchev–Trinajstić information content (AvgIpc) is 2.27. The van der Waals surface area contributed by atoms with Crippen LogP contribution in [0.4, 0.5) is 0 Å². The molecule has 2 heteroatoms. The molecular weight excluding hydrogens is 188 g/mol. The van der Waals surface area contributed by atoms with Gasteiger partial charge in [-0.15, -0.1) is 0 Å². The first-order chi connectivity index (χ1) is 7.20. The van der Waals surface area contributed by atoms with Crippen LogP contribution in [0.2, 0.25) is 0 Å². The molecule has 0 radical (unpaired) electrons. The van der Waals surface area contributed by atoms with Gasteiger partial charge in [-0.25, -0.2) is 0 Å². The Bertz CT molecular complexity index is 541. The van der Waals surface area contributed by atoms with E-state index in [2.05, 4.69) is 0 Å². The van der Waals surface area contributed by atoms with Crippen LogP contribution in [0, 0.1) is 6.92 Å². The Labute approximate surface area is 87.5 Å². The van der Waals surface area contributed by atoms with Gasteiger partial charge in [0.15, 0.2) is 6.29 Å². The number of Topliss-reactive ketones (excluding diaryl/α,β-unsaturated/α-hetero) is 1. The highest BCUT2D eigenvalue weighted by molar-refractivity contribution is 6.33. The molecule has 0 aliphatic heterocycles. The normalized spacial score (nSPS) is 10.2. The van der Waals surface area contributed by atoms with Gasteiger partial charge in [0.05, 0.1) is 0 Å². The molecule has 0 unspecified atom stereocenters. The first-order valence-corrected chi connectivity index (χ1v) is 4.70. The Morgan fingerprint density at radius 1 is 1.07 bits per heavy atom. The van der Waals surface area contributed by atoms with Crippen molar-refractivity contribution in [3.05, 3.63) is 47.5 Å². The molecule has 2 aromatic carbocycles. The number of ketones is 1. The van der Waals surface area contributed by atoms with Crippen LogP contribution in [-0.4, -0.2) is 12.1 Å². The summed E-state index contributed by atoms with van der Waals surface area (Å²) in [6.45, 7) is 2.02. The number of carbonyl (C=O) groups is 2. The first kappa shape index (κ1) is 9.59. The van der Waals surface area contributed by atoms with Crippen molar-refractivity contribution < 1.29 is 9.59 Å². The summed E-state index contributed by atoms with van der Waals surface area (Å²) in [7, 11) is 0. The predicted octanol–water partition coefficient (Wildman–Crippen LogP) is 2.53. The molecule has 0 saturated heterocycles. The number of aldehydes is 1. The lowest BCUT2D eigenvalue weighted by Crippen LogP contribution is -1.98. The van der Waals surface area contributed by atoms with E-state index in [4.69, 9.17) is 0 Å². The topological polar surface area (TPSA) is 34.1 Å². The fourth-order valence-corrected chi connectivity index (χ4v) is 1.59. The van der Waals surface area contributed by atoms with Crippen LogP contribution in [0.1, 0.15) is 15.9 Å². The van der Waals surface area contributed by atoms with Crippen molar-refractivity contribution in [3.8, 4) is 0 Å². The van der Waals surface area contributed by atoms with E-state index in [0.717, 1.165) is 10.8 Å². The minimum Gasteiger partial charge on any atom is -0.294 e. The summed E-state index contributed by atoms with van der Waals surface area (Å²) in [4.78, 5) is 21.5. The third kappa shape index (κ3) is 1.79. The molecule has 0 saturated carbocycles. The van der Waals surface area contributed by atoms with Gasteiger partial charge >= 0.3 is 0 Å². The Kier molecular flexibility index (Phi) is 2.34. The van der Waals surface area contributed by atoms with Gasteiger partial charge in [0.2, 0.25) is 5.78 Å². The van der Waals surface area contributed by atoms with Crippen LogP contribution < -0.4 is 0 Å². The monoisotopic (exact) mass is 198 g/mol. The van der Waals surface area contributed by atoms with Gasteiger partial charge < -0.3 is 0 Å². The third-order valence-corrected chi connectivity index (χ3v) is 2.39. The minimum absolute atomic E-state index is 0.343. The molecule has 0 bridgehead atoms. The van der Waals surface area contributed by atoms with Gasteiger partial charge in [0.25, 0.3) is 0 Å². The number of aryl methyl sites for hydroxylation is 1. The van der Waals surface area contributed by atoms with Crippen LogP contribution in [0.3, 0.4) is 0 Å². The maximum absolute atomic E-state index is 11.2. The molecular formula is C13H10O2. The van der Waals surface area contributed by atoms with Crippen LogP contribution in [0.5, 0.6) is 0 Å². The fourth-order valence-electron chi connectivity index (χ4n) is 1.59. The maximum Gasteiger partial charge on any atom is 0.225 e. The molecule has 0 fully saturated rings. The molecule has 0 heterocycles. The number of hydrogen-bond acceptors (Lipinski definition) is 2. The van der Waals surface area contributed by atoms with Gasteiger partial charge in [0, 0.05) is 5.56 Å². The predicted molar refractivity (Wildman–Crippen MR) is 59.1 cm³/mol. The largest absolute Gasteiger partial charge is 0.294 e. The lowest BCUT2D eigenvalue weighted by molar-refractivity contribution is -0.104. The average molecular weight is 198 g/mol. The second-order valence-corrected chi connectivity index (χ2v) is 3.55. The summed E-state index contributed by atoms with van der Waals surface area (Å²) in [5, 5.41) is 2.06. The van der Waals surface area contributed by atoms with Gasteiger partial charge in [-0.3, -0.25) is 9.59 Å². The van der Waals surface area contributed by atoms with Crippen molar-refractivity contribution in [2.45, 2.75) is 6.92 Å². The second-order valence-electron chi connectivity index (χ2n) is 3.55. The molecule has 0 atom stereocenters. The minimum atomic E-state index is -0.475. The van der Waals surface area contributed by atoms with E-state index in [1.165, 1.54) is 5.56 Å². The van der Waals surface area contributed by atoms with Crippen molar-refractivity contribution in [1.29, 1.82) is 0 Å². The number of hydrogen-bond donors (Lipinski definition) is 0. The highest BCUT2D eigenvalue weighted by Gasteiger charge is 2.04. The van der Waals surface area contributed by atoms with Crippen molar-refractivity contribution >= 4 is 22.8 Å². The van der Waals surface area contributed by atoms with Crippen molar-refractivity contribution in [3.63, 3.8) is 0 Å². The highest BCUT2D eigenvalue weighted by Crippen LogP contribution is 2.17. The Hall–Kier alpha value is -1.96. The summed E-state index contributed by atoms with van der Waals surface area (Å²) < 4.78 is 0. The molecule has 2 nitrogen and oxygen atoms in total. The van der Waals surface area contributed by atoms with Gasteiger partial charge in [-0.1, -0.05) is 35.9 Å². The summed E-state index contributed by atoms with van der Waals surface area (Å²) in [6.07, 6.45) is 0.343. The van der Waals surface area contributed by atoms with Crippen molar-refractivity contribution in [2.24, 2.45) is 0 Å². The lowest BCUT2D eigenvalue weighted by Gasteiger charge is -2.01. The molecule has 0 aliphatic carbocycles. The third-order valence-electron chi connectivity index (χ3n) is 2.39. The van der Waals surface area contributed by atoms with E-state index in [1.807, 2.05) is 31.2 Å². The highest BCUT2D eigenvalue weighted by atomic mass is 16.2. The summed E-state index contributed by atoms with van der Waals surface area (Å²) >= 11 is 0. The van der Waals surface area contributed by atoms with Crippen LogP contribution in [-0.2, 0) is 4.79 Å². The Balaban J connectivity index is 2.61. The fraction of sp³-hybridized carbons (Fsp3) is 0.0769. The van der Waals surface area contributed by atoms with Crippen LogP contribution >= 0.6 is 0 Å². The molecule has 0 spiro atoms. The molecule has 0 aliphatic rings. The molecule has 15 heavy (non-hydrogen) atoms. The van der Waals surface area contributed by atoms with E-state index in [0.29, 0.717) is 11.8 Å². The standard InChI is InChI=1S/C13H10O2/c1-9-2-3-11-7-12(13(15)8-14)5-4-10(11)6-9/h2-8H,1H3. The van der Waals surface area contributed by atoms with E-state index in [-0.39, 0.29) is 0 Å². The lowest BCUT2D eigenvalue weighted by atomic mass is 10.0. The Morgan fingerprint density at radius 3 is 2.47 bits per heavy atom. The summed E-state index contributed by atoms with van der Waals surface area (Å²) in [5.41, 5.74) is 1.62. The zero-order valence-corrected chi connectivity index (χ0v) is 8.36. The van der Waals surface area contributed by atoms with E-state index in [1.54, 1.807) is 12.1 Å². The SMILES string of the molecule is Cc1ccc2cc(C(=O)C=O)ccc2c1. The van der Waals surface area contributed by atoms with Gasteiger partial charge in [-0.05, 0) is 23.8 Å². The maximum atomic E-state index is 11.2. The first-order valence-electron chi connectivity index (χ1n) is 4.70. The zero-order chi connectivity index (χ0) is 10.8. The van der Waals surface area contributed by atoms with Gasteiger partial charge in [0.1, 0.15) is 0 Å². The van der Waals surface area contributed by atoms with E-state index in [9.17, 15) is 9.59 Å². The number of fused-ring (bicyclic) bond motifs is 1. The smallest absolute Gasteiger partial charge is 0.225 e. The van der Waals surface area contributed by atoms with E-state index < -0.39 is 5.78 Å². The molecule has 0 amide bonds. The number of carbonyl (C=O) groups excluding carboxylic acids is 2. The quantitative estimate of drug-likeness (QED) is 0.422. The summed E-state index contributed by atoms with van der Waals surface area (Å²) in [6, 6.07) is 11.3. The van der Waals surface area contributed by atoms with Crippen molar-refractivity contribution in [1.82, 2.24) is 0 Å². The molecule has 0 aromatic heterocycles. The molecule has 2 aromatic rings. The van der Waals surface area contributed by atoms with Crippen LogP contribution in [0.15, 0.2) is 36.4 Å². The number of benzene rings is 2.